The molecular weight excluding hydrogens is 134 g/mol. The third-order valence-electron chi connectivity index (χ3n) is 4.88. The second kappa shape index (κ2) is 1.39. The van der Waals surface area contributed by atoms with Crippen LogP contribution in [-0.2, 0) is 0 Å². The third kappa shape index (κ3) is 0.462. The summed E-state index contributed by atoms with van der Waals surface area (Å²) in [5.74, 6) is 1.95. The van der Waals surface area contributed by atoms with Crippen LogP contribution < -0.4 is 5.73 Å². The second-order valence-corrected chi connectivity index (χ2v) is 5.38. The third-order valence-corrected chi connectivity index (χ3v) is 4.88. The van der Waals surface area contributed by atoms with Crippen molar-refractivity contribution < 1.29 is 0 Å². The summed E-state index contributed by atoms with van der Waals surface area (Å²) in [5.41, 5.74) is 7.47. The highest BCUT2D eigenvalue weighted by atomic mass is 14.9. The lowest BCUT2D eigenvalue weighted by atomic mass is 9.96. The van der Waals surface area contributed by atoms with E-state index in [-0.39, 0.29) is 0 Å². The van der Waals surface area contributed by atoms with Crippen LogP contribution in [0.4, 0.5) is 0 Å². The van der Waals surface area contributed by atoms with Crippen molar-refractivity contribution in [1.82, 2.24) is 0 Å². The molecule has 1 nitrogen and oxygen atoms in total. The molecule has 0 aromatic heterocycles. The zero-order chi connectivity index (χ0) is 7.85. The van der Waals surface area contributed by atoms with Gasteiger partial charge in [-0.25, -0.2) is 0 Å². The molecule has 0 radical (unpaired) electrons. The molecule has 0 aromatic carbocycles. The largest absolute Gasteiger partial charge is 0.327 e. The molecule has 0 aromatic rings. The molecule has 1 heteroatoms. The first-order chi connectivity index (χ1) is 5.11. The van der Waals surface area contributed by atoms with Crippen LogP contribution >= 0.6 is 0 Å². The van der Waals surface area contributed by atoms with Crippen molar-refractivity contribution in [1.29, 1.82) is 0 Å². The van der Waals surface area contributed by atoms with Gasteiger partial charge in [-0.2, -0.15) is 0 Å². The smallest absolute Gasteiger partial charge is 0.00781 e. The van der Waals surface area contributed by atoms with Crippen molar-refractivity contribution in [3.63, 3.8) is 0 Å². The number of nitrogens with two attached hydrogens (primary N) is 1. The molecule has 3 rings (SSSR count). The fourth-order valence-corrected chi connectivity index (χ4v) is 4.29. The normalized spacial score (nSPS) is 63.0. The summed E-state index contributed by atoms with van der Waals surface area (Å²) in [6.07, 6.45) is 4.21. The minimum Gasteiger partial charge on any atom is -0.327 e. The first-order valence-electron chi connectivity index (χ1n) is 4.86. The van der Waals surface area contributed by atoms with E-state index in [9.17, 15) is 0 Å². The summed E-state index contributed by atoms with van der Waals surface area (Å²) in [6, 6.07) is 0.531. The summed E-state index contributed by atoms with van der Waals surface area (Å²) >= 11 is 0. The predicted octanol–water partition coefficient (Wildman–Crippen LogP) is 1.77. The Morgan fingerprint density at radius 3 is 2.64 bits per heavy atom. The summed E-state index contributed by atoms with van der Waals surface area (Å²) in [7, 11) is 0. The van der Waals surface area contributed by atoms with E-state index in [1.54, 1.807) is 0 Å². The van der Waals surface area contributed by atoms with Crippen LogP contribution in [0.2, 0.25) is 0 Å². The predicted molar refractivity (Wildman–Crippen MR) is 45.0 cm³/mol. The topological polar surface area (TPSA) is 26.0 Å². The van der Waals surface area contributed by atoms with Gasteiger partial charge in [0.05, 0.1) is 0 Å². The summed E-state index contributed by atoms with van der Waals surface area (Å²) in [4.78, 5) is 0. The SMILES string of the molecule is CC1(C)C2C(N)CCC3CC321. The van der Waals surface area contributed by atoms with Crippen LogP contribution in [0, 0.1) is 22.7 Å². The van der Waals surface area contributed by atoms with E-state index in [0.717, 1.165) is 17.3 Å². The Morgan fingerprint density at radius 1 is 1.27 bits per heavy atom. The van der Waals surface area contributed by atoms with Crippen LogP contribution in [0.3, 0.4) is 0 Å². The molecule has 62 valence electrons. The minimum atomic E-state index is 0.531. The van der Waals surface area contributed by atoms with Crippen LogP contribution in [0.15, 0.2) is 0 Å². The van der Waals surface area contributed by atoms with Crippen molar-refractivity contribution in [3.8, 4) is 0 Å². The molecule has 0 aliphatic heterocycles. The molecule has 3 fully saturated rings. The molecule has 4 unspecified atom stereocenters. The zero-order valence-corrected chi connectivity index (χ0v) is 7.43. The molecule has 0 saturated heterocycles. The van der Waals surface area contributed by atoms with Gasteiger partial charge in [0.15, 0.2) is 0 Å². The number of hydrogen-bond donors (Lipinski definition) is 1. The Balaban J connectivity index is 1.98. The van der Waals surface area contributed by atoms with E-state index >= 15 is 0 Å². The Morgan fingerprint density at radius 2 is 2.00 bits per heavy atom. The van der Waals surface area contributed by atoms with Crippen molar-refractivity contribution >= 4 is 0 Å². The van der Waals surface area contributed by atoms with E-state index in [1.165, 1.54) is 19.3 Å². The summed E-state index contributed by atoms with van der Waals surface area (Å²) < 4.78 is 0. The average molecular weight is 151 g/mol. The average Bonchev–Trinajstić information content (AvgIpc) is 2.70. The molecule has 0 heterocycles. The van der Waals surface area contributed by atoms with Crippen molar-refractivity contribution in [2.24, 2.45) is 28.4 Å². The lowest BCUT2D eigenvalue weighted by Crippen LogP contribution is -2.27. The lowest BCUT2D eigenvalue weighted by Gasteiger charge is -2.15. The number of hydrogen-bond acceptors (Lipinski definition) is 1. The first kappa shape index (κ1) is 6.47. The van der Waals surface area contributed by atoms with Gasteiger partial charge < -0.3 is 5.73 Å². The van der Waals surface area contributed by atoms with E-state index in [4.69, 9.17) is 5.73 Å². The van der Waals surface area contributed by atoms with E-state index in [0.29, 0.717) is 11.5 Å². The Hall–Kier alpha value is -0.0400. The Bertz CT molecular complexity index is 221. The van der Waals surface area contributed by atoms with Gasteiger partial charge in [0.2, 0.25) is 0 Å². The van der Waals surface area contributed by atoms with Gasteiger partial charge in [-0.15, -0.1) is 0 Å². The van der Waals surface area contributed by atoms with Gasteiger partial charge in [0.1, 0.15) is 0 Å². The standard InChI is InChI=1S/C10H17N/c1-9(2)8-7(11)4-3-6-5-10(6,8)9/h6-8H,3-5,11H2,1-2H3. The number of rotatable bonds is 0. The van der Waals surface area contributed by atoms with Gasteiger partial charge in [-0.3, -0.25) is 0 Å². The van der Waals surface area contributed by atoms with Gasteiger partial charge in [-0.1, -0.05) is 13.8 Å². The molecule has 3 saturated carbocycles. The van der Waals surface area contributed by atoms with Crippen molar-refractivity contribution in [3.05, 3.63) is 0 Å². The maximum Gasteiger partial charge on any atom is 0.00781 e. The zero-order valence-electron chi connectivity index (χ0n) is 7.43. The Kier molecular flexibility index (Phi) is 0.820. The maximum atomic E-state index is 6.11. The fourth-order valence-electron chi connectivity index (χ4n) is 4.29. The Labute approximate surface area is 68.3 Å². The van der Waals surface area contributed by atoms with Gasteiger partial charge in [-0.05, 0) is 41.9 Å². The van der Waals surface area contributed by atoms with Gasteiger partial charge in [0.25, 0.3) is 0 Å². The van der Waals surface area contributed by atoms with Crippen LogP contribution in [0.25, 0.3) is 0 Å². The lowest BCUT2D eigenvalue weighted by molar-refractivity contribution is 0.408. The molecule has 1 spiro atoms. The van der Waals surface area contributed by atoms with Crippen LogP contribution in [-0.4, -0.2) is 6.04 Å². The molecule has 3 aliphatic rings. The van der Waals surface area contributed by atoms with Gasteiger partial charge in [0, 0.05) is 6.04 Å². The van der Waals surface area contributed by atoms with E-state index in [2.05, 4.69) is 13.8 Å². The summed E-state index contributed by atoms with van der Waals surface area (Å²) in [5, 5.41) is 0. The van der Waals surface area contributed by atoms with Gasteiger partial charge >= 0.3 is 0 Å². The van der Waals surface area contributed by atoms with E-state index < -0.39 is 0 Å². The quantitative estimate of drug-likeness (QED) is 0.561. The van der Waals surface area contributed by atoms with Crippen LogP contribution in [0.5, 0.6) is 0 Å². The first-order valence-corrected chi connectivity index (χ1v) is 4.86. The highest BCUT2D eigenvalue weighted by Crippen LogP contribution is 2.88. The van der Waals surface area contributed by atoms with Crippen molar-refractivity contribution in [2.75, 3.05) is 0 Å². The van der Waals surface area contributed by atoms with Crippen LogP contribution in [0.1, 0.15) is 33.1 Å². The fraction of sp³-hybridized carbons (Fsp3) is 1.00. The molecule has 3 aliphatic carbocycles. The maximum absolute atomic E-state index is 6.11. The molecule has 11 heavy (non-hydrogen) atoms. The second-order valence-electron chi connectivity index (χ2n) is 5.38. The summed E-state index contributed by atoms with van der Waals surface area (Å²) in [6.45, 7) is 4.84. The molecule has 0 bridgehead atoms. The minimum absolute atomic E-state index is 0.531. The molecular formula is C10H17N. The highest BCUT2D eigenvalue weighted by Gasteiger charge is 2.84. The molecule has 0 amide bonds. The highest BCUT2D eigenvalue weighted by molar-refractivity contribution is 5.33. The van der Waals surface area contributed by atoms with Crippen molar-refractivity contribution in [2.45, 2.75) is 39.2 Å². The molecule has 2 N–H and O–H groups in total. The van der Waals surface area contributed by atoms with E-state index in [1.807, 2.05) is 0 Å². The monoisotopic (exact) mass is 151 g/mol. The molecule has 4 atom stereocenters.